The number of nitro benzene ring substituents is 1. The molecule has 1 aromatic rings. The Kier molecular flexibility index (Phi) is 3.84. The summed E-state index contributed by atoms with van der Waals surface area (Å²) in [5.41, 5.74) is 8.06. The number of rotatable bonds is 4. The van der Waals surface area contributed by atoms with E-state index < -0.39 is 0 Å². The molecule has 88 valence electrons. The monoisotopic (exact) mass is 223 g/mol. The highest BCUT2D eigenvalue weighted by Gasteiger charge is 2.16. The molecule has 0 aromatic heterocycles. The molecule has 0 bridgehead atoms. The lowest BCUT2D eigenvalue weighted by Crippen LogP contribution is -2.25. The van der Waals surface area contributed by atoms with Crippen LogP contribution in [0, 0.1) is 24.0 Å². The molecule has 0 saturated heterocycles. The van der Waals surface area contributed by atoms with Crippen LogP contribution in [0.2, 0.25) is 0 Å². The minimum Gasteiger partial charge on any atom is -0.376 e. The molecule has 1 atom stereocenters. The summed E-state index contributed by atoms with van der Waals surface area (Å²) < 4.78 is 0. The van der Waals surface area contributed by atoms with Crippen LogP contribution < -0.4 is 11.1 Å². The van der Waals surface area contributed by atoms with Crippen LogP contribution in [0.5, 0.6) is 0 Å². The van der Waals surface area contributed by atoms with E-state index in [1.165, 1.54) is 0 Å². The number of hydrogen-bond acceptors (Lipinski definition) is 4. The summed E-state index contributed by atoms with van der Waals surface area (Å²) in [6.45, 7) is 6.11. The van der Waals surface area contributed by atoms with E-state index in [0.717, 1.165) is 11.1 Å². The van der Waals surface area contributed by atoms with Crippen molar-refractivity contribution in [2.45, 2.75) is 26.8 Å². The molecule has 0 radical (unpaired) electrons. The SMILES string of the molecule is Cc1cc(NC(C)CN)c([N+](=O)[O-])cc1C. The summed E-state index contributed by atoms with van der Waals surface area (Å²) in [6.07, 6.45) is 0. The van der Waals surface area contributed by atoms with E-state index >= 15 is 0 Å². The van der Waals surface area contributed by atoms with Crippen LogP contribution in [0.25, 0.3) is 0 Å². The van der Waals surface area contributed by atoms with Crippen LogP contribution in [0.15, 0.2) is 12.1 Å². The zero-order valence-corrected chi connectivity index (χ0v) is 9.78. The Morgan fingerprint density at radius 2 is 2.00 bits per heavy atom. The number of nitro groups is 1. The fourth-order valence-corrected chi connectivity index (χ4v) is 1.39. The lowest BCUT2D eigenvalue weighted by molar-refractivity contribution is -0.384. The summed E-state index contributed by atoms with van der Waals surface area (Å²) >= 11 is 0. The molecule has 0 heterocycles. The highest BCUT2D eigenvalue weighted by atomic mass is 16.6. The van der Waals surface area contributed by atoms with Crippen LogP contribution in [0.1, 0.15) is 18.1 Å². The fraction of sp³-hybridized carbons (Fsp3) is 0.455. The van der Waals surface area contributed by atoms with E-state index in [9.17, 15) is 10.1 Å². The summed E-state index contributed by atoms with van der Waals surface area (Å²) in [6, 6.07) is 3.39. The number of hydrogen-bond donors (Lipinski definition) is 2. The van der Waals surface area contributed by atoms with Gasteiger partial charge in [0.1, 0.15) is 5.69 Å². The van der Waals surface area contributed by atoms with E-state index in [1.54, 1.807) is 12.1 Å². The first kappa shape index (κ1) is 12.4. The van der Waals surface area contributed by atoms with Gasteiger partial charge in [-0.3, -0.25) is 10.1 Å². The van der Waals surface area contributed by atoms with E-state index in [-0.39, 0.29) is 16.7 Å². The van der Waals surface area contributed by atoms with Gasteiger partial charge in [-0.25, -0.2) is 0 Å². The minimum absolute atomic E-state index is 0.0146. The molecule has 5 nitrogen and oxygen atoms in total. The van der Waals surface area contributed by atoms with Crippen LogP contribution >= 0.6 is 0 Å². The van der Waals surface area contributed by atoms with Crippen molar-refractivity contribution in [3.05, 3.63) is 33.4 Å². The standard InChI is InChI=1S/C11H17N3O2/c1-7-4-10(13-9(3)6-12)11(14(15)16)5-8(7)2/h4-5,9,13H,6,12H2,1-3H3. The van der Waals surface area contributed by atoms with Gasteiger partial charge in [-0.1, -0.05) is 0 Å². The molecule has 1 unspecified atom stereocenters. The molecular formula is C11H17N3O2. The maximum atomic E-state index is 10.9. The van der Waals surface area contributed by atoms with Crippen LogP contribution in [-0.2, 0) is 0 Å². The lowest BCUT2D eigenvalue weighted by atomic mass is 10.1. The molecule has 0 aliphatic rings. The molecule has 0 amide bonds. The van der Waals surface area contributed by atoms with Crippen molar-refractivity contribution in [2.75, 3.05) is 11.9 Å². The zero-order valence-electron chi connectivity index (χ0n) is 9.78. The van der Waals surface area contributed by atoms with Gasteiger partial charge >= 0.3 is 0 Å². The van der Waals surface area contributed by atoms with Gasteiger partial charge in [0.25, 0.3) is 5.69 Å². The minimum atomic E-state index is -0.377. The van der Waals surface area contributed by atoms with Crippen LogP contribution in [-0.4, -0.2) is 17.5 Å². The van der Waals surface area contributed by atoms with E-state index in [0.29, 0.717) is 12.2 Å². The first-order valence-corrected chi connectivity index (χ1v) is 5.18. The summed E-state index contributed by atoms with van der Waals surface area (Å²) in [4.78, 5) is 10.5. The molecule has 1 aromatic carbocycles. The van der Waals surface area contributed by atoms with Gasteiger partial charge in [0.05, 0.1) is 4.92 Å². The predicted octanol–water partition coefficient (Wildman–Crippen LogP) is 1.97. The van der Waals surface area contributed by atoms with Crippen LogP contribution in [0.3, 0.4) is 0 Å². The molecule has 1 rings (SSSR count). The smallest absolute Gasteiger partial charge is 0.292 e. The number of anilines is 1. The largest absolute Gasteiger partial charge is 0.376 e. The third-order valence-corrected chi connectivity index (χ3v) is 2.56. The highest BCUT2D eigenvalue weighted by molar-refractivity contribution is 5.64. The zero-order chi connectivity index (χ0) is 12.3. The maximum Gasteiger partial charge on any atom is 0.292 e. The lowest BCUT2D eigenvalue weighted by Gasteiger charge is -2.14. The predicted molar refractivity (Wildman–Crippen MR) is 64.7 cm³/mol. The number of benzene rings is 1. The van der Waals surface area contributed by atoms with Gasteiger partial charge in [0.15, 0.2) is 0 Å². The Morgan fingerprint density at radius 1 is 1.44 bits per heavy atom. The van der Waals surface area contributed by atoms with Gasteiger partial charge < -0.3 is 11.1 Å². The van der Waals surface area contributed by atoms with Crippen molar-refractivity contribution >= 4 is 11.4 Å². The Morgan fingerprint density at radius 3 is 2.50 bits per heavy atom. The number of nitrogens with one attached hydrogen (secondary N) is 1. The van der Waals surface area contributed by atoms with Crippen molar-refractivity contribution in [3.8, 4) is 0 Å². The highest BCUT2D eigenvalue weighted by Crippen LogP contribution is 2.28. The van der Waals surface area contributed by atoms with Gasteiger partial charge in [-0.05, 0) is 38.0 Å². The molecule has 0 saturated carbocycles. The summed E-state index contributed by atoms with van der Waals surface area (Å²) in [7, 11) is 0. The molecule has 3 N–H and O–H groups in total. The first-order chi connectivity index (χ1) is 7.45. The van der Waals surface area contributed by atoms with Crippen LogP contribution in [0.4, 0.5) is 11.4 Å². The second-order valence-electron chi connectivity index (χ2n) is 3.99. The molecule has 5 heteroatoms. The number of nitrogens with zero attached hydrogens (tertiary/aromatic N) is 1. The Bertz CT molecular complexity index is 404. The quantitative estimate of drug-likeness (QED) is 0.604. The summed E-state index contributed by atoms with van der Waals surface area (Å²) in [5.74, 6) is 0. The van der Waals surface area contributed by atoms with E-state index in [2.05, 4.69) is 5.32 Å². The van der Waals surface area contributed by atoms with Gasteiger partial charge in [-0.15, -0.1) is 0 Å². The molecular weight excluding hydrogens is 206 g/mol. The second-order valence-corrected chi connectivity index (χ2v) is 3.99. The molecule has 0 spiro atoms. The van der Waals surface area contributed by atoms with Crippen molar-refractivity contribution in [1.29, 1.82) is 0 Å². The topological polar surface area (TPSA) is 81.2 Å². The molecule has 16 heavy (non-hydrogen) atoms. The average molecular weight is 223 g/mol. The first-order valence-electron chi connectivity index (χ1n) is 5.18. The third-order valence-electron chi connectivity index (χ3n) is 2.56. The van der Waals surface area contributed by atoms with E-state index in [4.69, 9.17) is 5.73 Å². The van der Waals surface area contributed by atoms with Gasteiger partial charge in [0.2, 0.25) is 0 Å². The Hall–Kier alpha value is -1.62. The summed E-state index contributed by atoms with van der Waals surface area (Å²) in [5, 5.41) is 13.9. The van der Waals surface area contributed by atoms with Crippen molar-refractivity contribution in [3.63, 3.8) is 0 Å². The van der Waals surface area contributed by atoms with Gasteiger partial charge in [0, 0.05) is 18.7 Å². The van der Waals surface area contributed by atoms with Crippen molar-refractivity contribution in [1.82, 2.24) is 0 Å². The maximum absolute atomic E-state index is 10.9. The van der Waals surface area contributed by atoms with Gasteiger partial charge in [-0.2, -0.15) is 0 Å². The molecule has 0 aliphatic carbocycles. The average Bonchev–Trinajstić information content (AvgIpc) is 2.22. The third kappa shape index (κ3) is 2.70. The Balaban J connectivity index is 3.14. The molecule has 0 aliphatic heterocycles. The number of nitrogens with two attached hydrogens (primary N) is 1. The number of aryl methyl sites for hydroxylation is 2. The van der Waals surface area contributed by atoms with Crippen molar-refractivity contribution < 1.29 is 4.92 Å². The fourth-order valence-electron chi connectivity index (χ4n) is 1.39. The van der Waals surface area contributed by atoms with E-state index in [1.807, 2.05) is 20.8 Å². The second kappa shape index (κ2) is 4.94. The van der Waals surface area contributed by atoms with Crippen molar-refractivity contribution in [2.24, 2.45) is 5.73 Å². The molecule has 0 fully saturated rings. The normalized spacial score (nSPS) is 12.2. The Labute approximate surface area is 94.8 Å².